The van der Waals surface area contributed by atoms with Gasteiger partial charge in [0.2, 0.25) is 5.91 Å². The molecular formula is C16H14INO4. The summed E-state index contributed by atoms with van der Waals surface area (Å²) in [5.41, 5.74) is 1.62. The van der Waals surface area contributed by atoms with Crippen molar-refractivity contribution in [3.8, 4) is 0 Å². The number of benzene rings is 1. The van der Waals surface area contributed by atoms with Gasteiger partial charge in [-0.25, -0.2) is 4.79 Å². The average molecular weight is 411 g/mol. The number of hydrogen-bond donors (Lipinski definition) is 1. The van der Waals surface area contributed by atoms with E-state index in [0.29, 0.717) is 17.0 Å². The Hall–Kier alpha value is -2.09. The van der Waals surface area contributed by atoms with Crippen LogP contribution in [0.4, 0.5) is 5.69 Å². The molecule has 0 aliphatic rings. The number of ether oxygens (including phenoxy) is 1. The number of amides is 1. The zero-order valence-electron chi connectivity index (χ0n) is 12.1. The summed E-state index contributed by atoms with van der Waals surface area (Å²) in [5, 5.41) is 2.66. The normalized spacial score (nSPS) is 10.7. The standard InChI is InChI=1S/C16H14INO4/c1-10-3-6-13(12(9-10)16(20)21-2)18-15(19)8-5-11-4-7-14(17)22-11/h3-9H,1-2H3,(H,18,19). The summed E-state index contributed by atoms with van der Waals surface area (Å²) in [6.45, 7) is 1.86. The minimum Gasteiger partial charge on any atom is -0.465 e. The molecule has 2 aromatic rings. The van der Waals surface area contributed by atoms with E-state index < -0.39 is 5.97 Å². The van der Waals surface area contributed by atoms with Crippen molar-refractivity contribution in [3.63, 3.8) is 0 Å². The quantitative estimate of drug-likeness (QED) is 0.474. The molecular weight excluding hydrogens is 397 g/mol. The molecule has 0 aliphatic carbocycles. The lowest BCUT2D eigenvalue weighted by Gasteiger charge is -2.09. The molecule has 2 rings (SSSR count). The predicted molar refractivity (Wildman–Crippen MR) is 91.6 cm³/mol. The number of methoxy groups -OCH3 is 1. The van der Waals surface area contributed by atoms with Gasteiger partial charge in [0.25, 0.3) is 0 Å². The van der Waals surface area contributed by atoms with Gasteiger partial charge in [0.15, 0.2) is 3.77 Å². The summed E-state index contributed by atoms with van der Waals surface area (Å²) in [7, 11) is 1.30. The number of aryl methyl sites for hydroxylation is 1. The maximum Gasteiger partial charge on any atom is 0.339 e. The van der Waals surface area contributed by atoms with Crippen LogP contribution in [0.15, 0.2) is 40.8 Å². The van der Waals surface area contributed by atoms with Crippen molar-refractivity contribution in [2.45, 2.75) is 6.92 Å². The Kier molecular flexibility index (Phi) is 5.37. The van der Waals surface area contributed by atoms with Gasteiger partial charge in [0.05, 0.1) is 18.4 Å². The number of carbonyl (C=O) groups excluding carboxylic acids is 2. The molecule has 114 valence electrons. The largest absolute Gasteiger partial charge is 0.465 e. The molecule has 6 heteroatoms. The van der Waals surface area contributed by atoms with Crippen molar-refractivity contribution in [2.75, 3.05) is 12.4 Å². The van der Waals surface area contributed by atoms with E-state index in [1.165, 1.54) is 13.2 Å². The van der Waals surface area contributed by atoms with Crippen LogP contribution in [0.3, 0.4) is 0 Å². The first kappa shape index (κ1) is 16.3. The molecule has 0 atom stereocenters. The topological polar surface area (TPSA) is 68.5 Å². The molecule has 22 heavy (non-hydrogen) atoms. The van der Waals surface area contributed by atoms with Crippen molar-refractivity contribution >= 4 is 46.2 Å². The fourth-order valence-corrected chi connectivity index (χ4v) is 2.23. The molecule has 0 radical (unpaired) electrons. The first-order chi connectivity index (χ1) is 10.5. The maximum atomic E-state index is 11.9. The summed E-state index contributed by atoms with van der Waals surface area (Å²) in [6, 6.07) is 8.70. The molecule has 0 unspecified atom stereocenters. The van der Waals surface area contributed by atoms with Gasteiger partial charge in [-0.15, -0.1) is 0 Å². The Morgan fingerprint density at radius 1 is 1.27 bits per heavy atom. The average Bonchev–Trinajstić information content (AvgIpc) is 2.92. The zero-order valence-corrected chi connectivity index (χ0v) is 14.2. The molecule has 0 spiro atoms. The highest BCUT2D eigenvalue weighted by Gasteiger charge is 2.13. The molecule has 1 aromatic heterocycles. The Bertz CT molecular complexity index is 733. The van der Waals surface area contributed by atoms with Crippen LogP contribution in [0.1, 0.15) is 21.7 Å². The van der Waals surface area contributed by atoms with Crippen molar-refractivity contribution < 1.29 is 18.7 Å². The van der Waals surface area contributed by atoms with E-state index in [9.17, 15) is 9.59 Å². The van der Waals surface area contributed by atoms with E-state index in [0.717, 1.165) is 9.33 Å². The number of nitrogens with one attached hydrogen (secondary N) is 1. The molecule has 0 bridgehead atoms. The second kappa shape index (κ2) is 7.26. The van der Waals surface area contributed by atoms with Crippen LogP contribution in [0, 0.1) is 10.7 Å². The van der Waals surface area contributed by atoms with Gasteiger partial charge in [0.1, 0.15) is 5.76 Å². The predicted octanol–water partition coefficient (Wildman–Crippen LogP) is 3.63. The van der Waals surface area contributed by atoms with Crippen molar-refractivity contribution in [3.05, 3.63) is 57.1 Å². The number of halogens is 1. The fourth-order valence-electron chi connectivity index (χ4n) is 1.80. The minimum absolute atomic E-state index is 0.316. The highest BCUT2D eigenvalue weighted by molar-refractivity contribution is 14.1. The highest BCUT2D eigenvalue weighted by Crippen LogP contribution is 2.19. The number of carbonyl (C=O) groups is 2. The molecule has 1 aromatic carbocycles. The Balaban J connectivity index is 2.14. The van der Waals surface area contributed by atoms with Gasteiger partial charge in [-0.3, -0.25) is 4.79 Å². The monoisotopic (exact) mass is 411 g/mol. The molecule has 5 nitrogen and oxygen atoms in total. The number of furan rings is 1. The number of hydrogen-bond acceptors (Lipinski definition) is 4. The summed E-state index contributed by atoms with van der Waals surface area (Å²) >= 11 is 2.04. The van der Waals surface area contributed by atoms with Gasteiger partial charge >= 0.3 is 5.97 Å². The van der Waals surface area contributed by atoms with Gasteiger partial charge in [-0.05, 0) is 59.9 Å². The maximum absolute atomic E-state index is 11.9. The van der Waals surface area contributed by atoms with Gasteiger partial charge in [0, 0.05) is 6.08 Å². The molecule has 0 saturated carbocycles. The van der Waals surface area contributed by atoms with Crippen LogP contribution < -0.4 is 5.32 Å². The molecule has 1 N–H and O–H groups in total. The molecule has 1 amide bonds. The van der Waals surface area contributed by atoms with E-state index in [2.05, 4.69) is 5.32 Å². The number of esters is 1. The summed E-state index contributed by atoms with van der Waals surface area (Å²) in [6.07, 6.45) is 2.90. The van der Waals surface area contributed by atoms with E-state index in [1.54, 1.807) is 36.4 Å². The van der Waals surface area contributed by atoms with Crippen LogP contribution >= 0.6 is 22.6 Å². The smallest absolute Gasteiger partial charge is 0.339 e. The molecule has 1 heterocycles. The first-order valence-corrected chi connectivity index (χ1v) is 7.51. The summed E-state index contributed by atoms with van der Waals surface area (Å²) < 4.78 is 10.8. The lowest BCUT2D eigenvalue weighted by molar-refractivity contribution is -0.111. The zero-order chi connectivity index (χ0) is 16.1. The van der Waals surface area contributed by atoms with E-state index in [-0.39, 0.29) is 5.91 Å². The highest BCUT2D eigenvalue weighted by atomic mass is 127. The third kappa shape index (κ3) is 4.20. The minimum atomic E-state index is -0.497. The van der Waals surface area contributed by atoms with Crippen molar-refractivity contribution in [1.82, 2.24) is 0 Å². The lowest BCUT2D eigenvalue weighted by atomic mass is 10.1. The van der Waals surface area contributed by atoms with Gasteiger partial charge < -0.3 is 14.5 Å². The second-order valence-corrected chi connectivity index (χ2v) is 5.57. The SMILES string of the molecule is COC(=O)c1cc(C)ccc1NC(=O)C=Cc1ccc(I)o1. The van der Waals surface area contributed by atoms with Crippen molar-refractivity contribution in [1.29, 1.82) is 0 Å². The third-order valence-electron chi connectivity index (χ3n) is 2.83. The molecule has 0 saturated heterocycles. The number of rotatable bonds is 4. The second-order valence-electron chi connectivity index (χ2n) is 4.51. The lowest BCUT2D eigenvalue weighted by Crippen LogP contribution is -2.13. The van der Waals surface area contributed by atoms with Crippen LogP contribution in [0.25, 0.3) is 6.08 Å². The summed E-state index contributed by atoms with van der Waals surface area (Å²) in [4.78, 5) is 23.7. The Labute approximate surface area is 141 Å². The van der Waals surface area contributed by atoms with E-state index in [1.807, 2.05) is 29.5 Å². The van der Waals surface area contributed by atoms with Gasteiger partial charge in [-0.2, -0.15) is 0 Å². The van der Waals surface area contributed by atoms with E-state index >= 15 is 0 Å². The van der Waals surface area contributed by atoms with Crippen LogP contribution in [0.2, 0.25) is 0 Å². The molecule has 0 aliphatic heterocycles. The summed E-state index contributed by atoms with van der Waals surface area (Å²) in [5.74, 6) is -0.277. The van der Waals surface area contributed by atoms with E-state index in [4.69, 9.17) is 9.15 Å². The van der Waals surface area contributed by atoms with Crippen LogP contribution in [0.5, 0.6) is 0 Å². The Morgan fingerprint density at radius 2 is 2.05 bits per heavy atom. The fraction of sp³-hybridized carbons (Fsp3) is 0.125. The van der Waals surface area contributed by atoms with Crippen molar-refractivity contribution in [2.24, 2.45) is 0 Å². The van der Waals surface area contributed by atoms with Crippen LogP contribution in [-0.4, -0.2) is 19.0 Å². The number of anilines is 1. The Morgan fingerprint density at radius 3 is 2.68 bits per heavy atom. The first-order valence-electron chi connectivity index (χ1n) is 6.43. The van der Waals surface area contributed by atoms with Gasteiger partial charge in [-0.1, -0.05) is 11.6 Å². The molecule has 0 fully saturated rings. The van der Waals surface area contributed by atoms with Crippen LogP contribution in [-0.2, 0) is 9.53 Å². The third-order valence-corrected chi connectivity index (χ3v) is 3.41.